The lowest BCUT2D eigenvalue weighted by Crippen LogP contribution is -2.23. The van der Waals surface area contributed by atoms with Crippen LogP contribution in [0.1, 0.15) is 5.56 Å². The average Bonchev–Trinajstić information content (AvgIpc) is 3.12. The molecule has 0 bridgehead atoms. The smallest absolute Gasteiger partial charge is 0.270 e. The molecule has 0 aliphatic rings. The maximum atomic E-state index is 13.2. The molecule has 0 fully saturated rings. The number of aromatic nitrogens is 5. The van der Waals surface area contributed by atoms with Crippen LogP contribution in [0.4, 0.5) is 0 Å². The van der Waals surface area contributed by atoms with Gasteiger partial charge in [-0.1, -0.05) is 17.8 Å². The van der Waals surface area contributed by atoms with Crippen molar-refractivity contribution >= 4 is 28.6 Å². The van der Waals surface area contributed by atoms with Crippen molar-refractivity contribution in [3.8, 4) is 11.4 Å². The zero-order chi connectivity index (χ0) is 17.6. The first-order valence-electron chi connectivity index (χ1n) is 7.58. The van der Waals surface area contributed by atoms with E-state index < -0.39 is 0 Å². The summed E-state index contributed by atoms with van der Waals surface area (Å²) in [5.41, 5.74) is 1.92. The SMILES string of the molecule is COc1cccc(-n2c(=O)c3cnc(SC)nc3n3ccnc23)c1C. The number of rotatable bonds is 3. The van der Waals surface area contributed by atoms with Gasteiger partial charge in [-0.3, -0.25) is 9.20 Å². The maximum absolute atomic E-state index is 13.2. The Bertz CT molecular complexity index is 1170. The molecule has 0 radical (unpaired) electrons. The van der Waals surface area contributed by atoms with Crippen molar-refractivity contribution in [2.45, 2.75) is 12.1 Å². The van der Waals surface area contributed by atoms with Gasteiger partial charge in [-0.15, -0.1) is 0 Å². The third-order valence-corrected chi connectivity index (χ3v) is 4.69. The second-order valence-electron chi connectivity index (χ2n) is 5.44. The standard InChI is InChI=1S/C17H15N5O2S/c1-10-12(5-4-6-13(10)24-2)22-15(23)11-9-19-16(25-3)20-14(11)21-8-7-18-17(21)22/h4-9H,1-3H3. The zero-order valence-electron chi connectivity index (χ0n) is 13.9. The number of ether oxygens (including phenoxy) is 1. The van der Waals surface area contributed by atoms with E-state index in [0.29, 0.717) is 27.7 Å². The number of hydrogen-bond acceptors (Lipinski definition) is 6. The number of imidazole rings is 1. The summed E-state index contributed by atoms with van der Waals surface area (Å²) in [5.74, 6) is 1.21. The normalized spacial score (nSPS) is 11.3. The highest BCUT2D eigenvalue weighted by molar-refractivity contribution is 7.98. The molecule has 1 aromatic carbocycles. The molecule has 0 saturated carbocycles. The molecule has 3 aromatic heterocycles. The molecular weight excluding hydrogens is 338 g/mol. The first kappa shape index (κ1) is 15.6. The van der Waals surface area contributed by atoms with Crippen molar-refractivity contribution < 1.29 is 4.74 Å². The van der Waals surface area contributed by atoms with E-state index in [1.54, 1.807) is 34.7 Å². The largest absolute Gasteiger partial charge is 0.496 e. The van der Waals surface area contributed by atoms with Gasteiger partial charge >= 0.3 is 0 Å². The van der Waals surface area contributed by atoms with Crippen LogP contribution >= 0.6 is 11.8 Å². The number of hydrogen-bond donors (Lipinski definition) is 0. The Morgan fingerprint density at radius 3 is 2.84 bits per heavy atom. The van der Waals surface area contributed by atoms with Crippen molar-refractivity contribution in [1.82, 2.24) is 23.9 Å². The predicted molar refractivity (Wildman–Crippen MR) is 97.0 cm³/mol. The van der Waals surface area contributed by atoms with Gasteiger partial charge in [0.15, 0.2) is 10.8 Å². The third-order valence-electron chi connectivity index (χ3n) is 4.13. The lowest BCUT2D eigenvalue weighted by molar-refractivity contribution is 0.411. The molecule has 126 valence electrons. The van der Waals surface area contributed by atoms with Gasteiger partial charge < -0.3 is 4.74 Å². The second kappa shape index (κ2) is 5.89. The van der Waals surface area contributed by atoms with E-state index in [2.05, 4.69) is 15.0 Å². The predicted octanol–water partition coefficient (Wildman–Crippen LogP) is 2.47. The van der Waals surface area contributed by atoms with E-state index in [1.165, 1.54) is 11.8 Å². The Kier molecular flexibility index (Phi) is 3.69. The van der Waals surface area contributed by atoms with E-state index in [9.17, 15) is 4.79 Å². The van der Waals surface area contributed by atoms with Crippen LogP contribution in [0.5, 0.6) is 5.75 Å². The Labute approximate surface area is 147 Å². The summed E-state index contributed by atoms with van der Waals surface area (Å²) in [6, 6.07) is 5.59. The zero-order valence-corrected chi connectivity index (χ0v) is 14.7. The van der Waals surface area contributed by atoms with Crippen LogP contribution in [0, 0.1) is 6.92 Å². The first-order valence-corrected chi connectivity index (χ1v) is 8.81. The average molecular weight is 353 g/mol. The fraction of sp³-hybridized carbons (Fsp3) is 0.176. The number of thioether (sulfide) groups is 1. The monoisotopic (exact) mass is 353 g/mol. The lowest BCUT2D eigenvalue weighted by Gasteiger charge is -2.14. The van der Waals surface area contributed by atoms with Crippen molar-refractivity contribution in [3.63, 3.8) is 0 Å². The molecular formula is C17H15N5O2S. The Balaban J connectivity index is 2.16. The molecule has 7 nitrogen and oxygen atoms in total. The lowest BCUT2D eigenvalue weighted by atomic mass is 10.1. The minimum Gasteiger partial charge on any atom is -0.496 e. The van der Waals surface area contributed by atoms with Gasteiger partial charge in [0.25, 0.3) is 5.56 Å². The van der Waals surface area contributed by atoms with Gasteiger partial charge in [0.1, 0.15) is 11.1 Å². The maximum Gasteiger partial charge on any atom is 0.270 e. The van der Waals surface area contributed by atoms with Gasteiger partial charge in [0.2, 0.25) is 5.78 Å². The fourth-order valence-corrected chi connectivity index (χ4v) is 3.25. The van der Waals surface area contributed by atoms with E-state index >= 15 is 0 Å². The summed E-state index contributed by atoms with van der Waals surface area (Å²) in [5, 5.41) is 1.04. The topological polar surface area (TPSA) is 74.3 Å². The number of benzene rings is 1. The summed E-state index contributed by atoms with van der Waals surface area (Å²) < 4.78 is 8.76. The Morgan fingerprint density at radius 2 is 2.08 bits per heavy atom. The summed E-state index contributed by atoms with van der Waals surface area (Å²) >= 11 is 1.43. The minimum atomic E-state index is -0.210. The van der Waals surface area contributed by atoms with Crippen molar-refractivity contribution in [1.29, 1.82) is 0 Å². The molecule has 4 rings (SSSR count). The molecule has 0 spiro atoms. The van der Waals surface area contributed by atoms with Crippen LogP contribution in [-0.4, -0.2) is 37.3 Å². The first-order chi connectivity index (χ1) is 12.2. The van der Waals surface area contributed by atoms with Crippen LogP contribution in [0.15, 0.2) is 46.7 Å². The van der Waals surface area contributed by atoms with Crippen LogP contribution < -0.4 is 10.3 Å². The van der Waals surface area contributed by atoms with Crippen LogP contribution in [-0.2, 0) is 0 Å². The molecule has 3 heterocycles. The quantitative estimate of drug-likeness (QED) is 0.416. The van der Waals surface area contributed by atoms with Crippen LogP contribution in [0.2, 0.25) is 0 Å². The molecule has 0 N–H and O–H groups in total. The van der Waals surface area contributed by atoms with Crippen molar-refractivity contribution in [2.75, 3.05) is 13.4 Å². The highest BCUT2D eigenvalue weighted by atomic mass is 32.2. The highest BCUT2D eigenvalue weighted by Crippen LogP contribution is 2.25. The van der Waals surface area contributed by atoms with Gasteiger partial charge in [0.05, 0.1) is 12.8 Å². The van der Waals surface area contributed by atoms with E-state index in [-0.39, 0.29) is 5.56 Å². The molecule has 0 atom stereocenters. The van der Waals surface area contributed by atoms with Gasteiger partial charge in [-0.05, 0) is 25.3 Å². The molecule has 4 aromatic rings. The molecule has 0 amide bonds. The summed E-state index contributed by atoms with van der Waals surface area (Å²) in [6.07, 6.45) is 6.91. The van der Waals surface area contributed by atoms with Gasteiger partial charge in [-0.2, -0.15) is 0 Å². The Morgan fingerprint density at radius 1 is 1.24 bits per heavy atom. The number of methoxy groups -OCH3 is 1. The van der Waals surface area contributed by atoms with Crippen LogP contribution in [0.3, 0.4) is 0 Å². The highest BCUT2D eigenvalue weighted by Gasteiger charge is 2.17. The third kappa shape index (κ3) is 2.29. The second-order valence-corrected chi connectivity index (χ2v) is 6.21. The minimum absolute atomic E-state index is 0.210. The molecule has 25 heavy (non-hydrogen) atoms. The van der Waals surface area contributed by atoms with E-state index in [4.69, 9.17) is 4.74 Å². The molecule has 0 aliphatic heterocycles. The summed E-state index contributed by atoms with van der Waals surface area (Å²) in [7, 11) is 1.61. The number of fused-ring (bicyclic) bond motifs is 3. The van der Waals surface area contributed by atoms with Crippen LogP contribution in [0.25, 0.3) is 22.5 Å². The number of nitrogens with zero attached hydrogens (tertiary/aromatic N) is 5. The van der Waals surface area contributed by atoms with Crippen molar-refractivity contribution in [3.05, 3.63) is 52.7 Å². The molecule has 8 heteroatoms. The van der Waals surface area contributed by atoms with Gasteiger partial charge in [0, 0.05) is 24.2 Å². The fourth-order valence-electron chi connectivity index (χ4n) is 2.91. The molecule has 0 unspecified atom stereocenters. The van der Waals surface area contributed by atoms with E-state index in [1.807, 2.05) is 31.4 Å². The van der Waals surface area contributed by atoms with Gasteiger partial charge in [-0.25, -0.2) is 19.5 Å². The summed E-state index contributed by atoms with van der Waals surface area (Å²) in [4.78, 5) is 26.3. The summed E-state index contributed by atoms with van der Waals surface area (Å²) in [6.45, 7) is 1.91. The van der Waals surface area contributed by atoms with E-state index in [0.717, 1.165) is 11.3 Å². The molecule has 0 aliphatic carbocycles. The Hall–Kier alpha value is -2.87. The molecule has 0 saturated heterocycles. The van der Waals surface area contributed by atoms with Crippen molar-refractivity contribution in [2.24, 2.45) is 0 Å².